The van der Waals surface area contributed by atoms with Gasteiger partial charge >= 0.3 is 5.97 Å². The number of nitrogens with zero attached hydrogens (tertiary/aromatic N) is 2. The van der Waals surface area contributed by atoms with E-state index in [0.29, 0.717) is 50.9 Å². The number of unbranched alkanes of at least 4 members (excludes halogenated alkanes) is 1. The van der Waals surface area contributed by atoms with Crippen LogP contribution in [-0.4, -0.2) is 99.2 Å². The van der Waals surface area contributed by atoms with Crippen LogP contribution in [0.2, 0.25) is 0 Å². The van der Waals surface area contributed by atoms with Crippen LogP contribution < -0.4 is 22.1 Å². The van der Waals surface area contributed by atoms with Crippen LogP contribution in [0.25, 0.3) is 0 Å². The third-order valence-electron chi connectivity index (χ3n) is 7.60. The van der Waals surface area contributed by atoms with Crippen LogP contribution in [0.15, 0.2) is 36.8 Å². The summed E-state index contributed by atoms with van der Waals surface area (Å²) in [5.74, 6) is -2.51. The van der Waals surface area contributed by atoms with E-state index in [4.69, 9.17) is 16.2 Å². The molecule has 1 saturated heterocycles. The van der Waals surface area contributed by atoms with Gasteiger partial charge in [0.2, 0.25) is 17.7 Å². The number of nitrogens with one attached hydrogen (secondary N) is 3. The lowest BCUT2D eigenvalue weighted by molar-refractivity contribution is -0.147. The smallest absolute Gasteiger partial charge is 0.326 e. The van der Waals surface area contributed by atoms with Crippen molar-refractivity contribution in [3.05, 3.63) is 48.0 Å². The predicted octanol–water partition coefficient (Wildman–Crippen LogP) is -0.193. The number of hydrogen-bond acceptors (Lipinski definition) is 9. The monoisotopic (exact) mass is 601 g/mol. The molecule has 1 aliphatic heterocycles. The van der Waals surface area contributed by atoms with Gasteiger partial charge in [0.05, 0.1) is 24.5 Å². The lowest BCUT2D eigenvalue weighted by atomic mass is 9.93. The first-order valence-electron chi connectivity index (χ1n) is 14.5. The summed E-state index contributed by atoms with van der Waals surface area (Å²) in [6, 6.07) is 2.65. The summed E-state index contributed by atoms with van der Waals surface area (Å²) in [6.45, 7) is 0.771. The second kappa shape index (κ2) is 16.6. The molecule has 5 atom stereocenters. The van der Waals surface area contributed by atoms with E-state index < -0.39 is 48.1 Å². The van der Waals surface area contributed by atoms with Gasteiger partial charge in [-0.05, 0) is 62.8 Å². The summed E-state index contributed by atoms with van der Waals surface area (Å²) in [5.41, 5.74) is 13.2. The highest BCUT2D eigenvalue weighted by molar-refractivity contribution is 5.90. The van der Waals surface area contributed by atoms with Crippen molar-refractivity contribution in [3.63, 3.8) is 0 Å². The maximum absolute atomic E-state index is 14.0. The largest absolute Gasteiger partial charge is 0.508 e. The minimum Gasteiger partial charge on any atom is -0.508 e. The normalized spacial score (nSPS) is 18.8. The van der Waals surface area contributed by atoms with Crippen molar-refractivity contribution in [2.75, 3.05) is 20.2 Å². The molecule has 0 unspecified atom stereocenters. The van der Waals surface area contributed by atoms with E-state index in [0.717, 1.165) is 5.56 Å². The van der Waals surface area contributed by atoms with Gasteiger partial charge in [-0.3, -0.25) is 14.4 Å². The summed E-state index contributed by atoms with van der Waals surface area (Å²) in [4.78, 5) is 60.3. The fourth-order valence-electron chi connectivity index (χ4n) is 5.28. The number of amides is 3. The number of aromatic nitrogens is 2. The van der Waals surface area contributed by atoms with Crippen molar-refractivity contribution in [1.82, 2.24) is 25.5 Å². The van der Waals surface area contributed by atoms with Crippen LogP contribution in [0.3, 0.4) is 0 Å². The molecule has 3 rings (SSSR count). The van der Waals surface area contributed by atoms with Gasteiger partial charge in [0.25, 0.3) is 0 Å². The Morgan fingerprint density at radius 1 is 1.14 bits per heavy atom. The number of imidazole rings is 1. The van der Waals surface area contributed by atoms with Gasteiger partial charge in [-0.25, -0.2) is 9.78 Å². The lowest BCUT2D eigenvalue weighted by Gasteiger charge is -2.42. The highest BCUT2D eigenvalue weighted by Gasteiger charge is 2.39. The van der Waals surface area contributed by atoms with Crippen LogP contribution in [0.5, 0.6) is 5.75 Å². The number of carbonyl (C=O) groups is 4. The number of carboxylic acid groups (broad SMARTS) is 1. The van der Waals surface area contributed by atoms with E-state index in [-0.39, 0.29) is 30.9 Å². The molecule has 0 bridgehead atoms. The van der Waals surface area contributed by atoms with Gasteiger partial charge in [-0.1, -0.05) is 12.1 Å². The summed E-state index contributed by atoms with van der Waals surface area (Å²) >= 11 is 0. The Balaban J connectivity index is 1.73. The van der Waals surface area contributed by atoms with Gasteiger partial charge in [0.1, 0.15) is 17.8 Å². The summed E-state index contributed by atoms with van der Waals surface area (Å²) in [6.07, 6.45) is 5.29. The van der Waals surface area contributed by atoms with Crippen molar-refractivity contribution in [3.8, 4) is 5.75 Å². The lowest BCUT2D eigenvalue weighted by Crippen LogP contribution is -2.60. The number of aromatic hydroxyl groups is 1. The first-order valence-corrected chi connectivity index (χ1v) is 14.5. The Morgan fingerprint density at radius 3 is 2.51 bits per heavy atom. The van der Waals surface area contributed by atoms with E-state index in [1.807, 2.05) is 0 Å². The molecule has 1 aromatic carbocycles. The quantitative estimate of drug-likeness (QED) is 0.125. The Bertz CT molecular complexity index is 1190. The number of methoxy groups -OCH3 is 1. The number of phenolic OH excluding ortho intramolecular Hbond substituents is 1. The number of ether oxygens (including phenoxy) is 1. The number of likely N-dealkylation sites (tertiary alicyclic amines) is 1. The standard InChI is InChI=1S/C29H43N7O7/c1-43-25-6-4-12-36(24(25)15-26(38)34-23(29(41)42)14-19-16-32-17-33-19)28(40)22(5-2-3-11-30)35-27(39)21(31)13-18-7-9-20(37)10-8-18/h7-10,16-17,21-25,37H,2-6,11-15,30-31H2,1H3,(H,32,33)(H,34,38)(H,35,39)(H,41,42)/t21-,22-,23-,24+,25+/m0/s1. The molecule has 2 aromatic rings. The second-order valence-corrected chi connectivity index (χ2v) is 10.8. The number of carbonyl (C=O) groups excluding carboxylic acids is 3. The third-order valence-corrected chi connectivity index (χ3v) is 7.60. The maximum Gasteiger partial charge on any atom is 0.326 e. The Labute approximate surface area is 250 Å². The fraction of sp³-hybridized carbons (Fsp3) is 0.552. The fourth-order valence-corrected chi connectivity index (χ4v) is 5.28. The van der Waals surface area contributed by atoms with Crippen molar-refractivity contribution < 1.29 is 34.1 Å². The molecular weight excluding hydrogens is 558 g/mol. The maximum atomic E-state index is 14.0. The Hall–Kier alpha value is -4.01. The van der Waals surface area contributed by atoms with Crippen molar-refractivity contribution in [1.29, 1.82) is 0 Å². The van der Waals surface area contributed by atoms with Gasteiger partial charge in [0, 0.05) is 38.4 Å². The van der Waals surface area contributed by atoms with Crippen LogP contribution >= 0.6 is 0 Å². The number of nitrogens with two attached hydrogens (primary N) is 2. The van der Waals surface area contributed by atoms with E-state index >= 15 is 0 Å². The van der Waals surface area contributed by atoms with Crippen LogP contribution in [-0.2, 0) is 36.8 Å². The number of aromatic amines is 1. The zero-order valence-electron chi connectivity index (χ0n) is 24.4. The number of benzene rings is 1. The number of rotatable bonds is 16. The topological polar surface area (TPSA) is 226 Å². The Kier molecular flexibility index (Phi) is 12.9. The minimum atomic E-state index is -1.20. The average molecular weight is 602 g/mol. The summed E-state index contributed by atoms with van der Waals surface area (Å²) in [5, 5.41) is 24.5. The molecule has 14 nitrogen and oxygen atoms in total. The zero-order chi connectivity index (χ0) is 31.4. The number of aliphatic carboxylic acids is 1. The number of H-pyrrole nitrogens is 1. The van der Waals surface area contributed by atoms with E-state index in [9.17, 15) is 29.4 Å². The first-order chi connectivity index (χ1) is 20.6. The van der Waals surface area contributed by atoms with Gasteiger partial charge < -0.3 is 46.9 Å². The minimum absolute atomic E-state index is 0.0156. The molecule has 14 heteroatoms. The molecule has 1 aromatic heterocycles. The average Bonchev–Trinajstić information content (AvgIpc) is 3.50. The number of carboxylic acids is 1. The molecule has 0 aliphatic carbocycles. The molecule has 0 saturated carbocycles. The molecule has 0 spiro atoms. The predicted molar refractivity (Wildman–Crippen MR) is 157 cm³/mol. The second-order valence-electron chi connectivity index (χ2n) is 10.8. The molecule has 236 valence electrons. The van der Waals surface area contributed by atoms with Gasteiger partial charge in [-0.15, -0.1) is 0 Å². The van der Waals surface area contributed by atoms with Crippen LogP contribution in [0.1, 0.15) is 49.8 Å². The van der Waals surface area contributed by atoms with Gasteiger partial charge in [0.15, 0.2) is 0 Å². The Morgan fingerprint density at radius 2 is 1.88 bits per heavy atom. The molecule has 2 heterocycles. The van der Waals surface area contributed by atoms with Crippen molar-refractivity contribution in [2.24, 2.45) is 11.5 Å². The number of phenols is 1. The highest BCUT2D eigenvalue weighted by Crippen LogP contribution is 2.25. The number of hydrogen-bond donors (Lipinski definition) is 7. The van der Waals surface area contributed by atoms with Crippen molar-refractivity contribution >= 4 is 23.7 Å². The van der Waals surface area contributed by atoms with Crippen LogP contribution in [0, 0.1) is 0 Å². The highest BCUT2D eigenvalue weighted by atomic mass is 16.5. The van der Waals surface area contributed by atoms with Crippen molar-refractivity contribution in [2.45, 2.75) is 81.6 Å². The zero-order valence-corrected chi connectivity index (χ0v) is 24.4. The first kappa shape index (κ1) is 33.5. The molecule has 0 radical (unpaired) electrons. The summed E-state index contributed by atoms with van der Waals surface area (Å²) in [7, 11) is 1.50. The SMILES string of the molecule is CO[C@@H]1CCCN(C(=O)[C@H](CCCCN)NC(=O)[C@@H](N)Cc2ccc(O)cc2)[C@@H]1CC(=O)N[C@@H](Cc1cnc[nH]1)C(=O)O. The summed E-state index contributed by atoms with van der Waals surface area (Å²) < 4.78 is 5.65. The van der Waals surface area contributed by atoms with E-state index in [2.05, 4.69) is 20.6 Å². The van der Waals surface area contributed by atoms with Gasteiger partial charge in [-0.2, -0.15) is 0 Å². The molecular formula is C29H43N7O7. The van der Waals surface area contributed by atoms with E-state index in [1.54, 1.807) is 17.0 Å². The van der Waals surface area contributed by atoms with Crippen LogP contribution in [0.4, 0.5) is 0 Å². The molecule has 1 fully saturated rings. The third kappa shape index (κ3) is 10.0. The van der Waals surface area contributed by atoms with E-state index in [1.165, 1.54) is 31.8 Å². The molecule has 1 aliphatic rings. The molecule has 3 amide bonds. The number of piperidine rings is 1. The molecule has 43 heavy (non-hydrogen) atoms. The molecule has 9 N–H and O–H groups in total.